The highest BCUT2D eigenvalue weighted by Crippen LogP contribution is 2.47. The lowest BCUT2D eigenvalue weighted by atomic mass is 9.61. The van der Waals surface area contributed by atoms with Crippen molar-refractivity contribution in [1.82, 2.24) is 0 Å². The zero-order valence-electron chi connectivity index (χ0n) is 14.1. The van der Waals surface area contributed by atoms with E-state index in [2.05, 4.69) is 12.1 Å². The SMILES string of the molecule is CC(C)(N)C(CC(C)(C)C(C)(C)C(=O)O)c1ccccc1. The van der Waals surface area contributed by atoms with Gasteiger partial charge in [0.05, 0.1) is 5.41 Å². The third kappa shape index (κ3) is 3.85. The van der Waals surface area contributed by atoms with Crippen LogP contribution in [0.1, 0.15) is 59.4 Å². The van der Waals surface area contributed by atoms with Crippen LogP contribution in [0.25, 0.3) is 0 Å². The van der Waals surface area contributed by atoms with E-state index >= 15 is 0 Å². The second kappa shape index (κ2) is 5.80. The van der Waals surface area contributed by atoms with Crippen molar-refractivity contribution in [3.05, 3.63) is 35.9 Å². The second-order valence-corrected chi connectivity index (χ2v) is 7.80. The summed E-state index contributed by atoms with van der Waals surface area (Å²) in [5.74, 6) is -0.665. The van der Waals surface area contributed by atoms with E-state index in [0.717, 1.165) is 6.42 Å². The van der Waals surface area contributed by atoms with E-state index < -0.39 is 16.9 Å². The van der Waals surface area contributed by atoms with Crippen LogP contribution in [0.4, 0.5) is 0 Å². The van der Waals surface area contributed by atoms with Crippen molar-refractivity contribution in [3.63, 3.8) is 0 Å². The first kappa shape index (κ1) is 17.7. The van der Waals surface area contributed by atoms with Gasteiger partial charge in [-0.15, -0.1) is 0 Å². The molecule has 21 heavy (non-hydrogen) atoms. The maximum absolute atomic E-state index is 11.6. The first-order valence-electron chi connectivity index (χ1n) is 7.47. The molecule has 3 N–H and O–H groups in total. The molecule has 0 aliphatic carbocycles. The van der Waals surface area contributed by atoms with Crippen molar-refractivity contribution < 1.29 is 9.90 Å². The third-order valence-electron chi connectivity index (χ3n) is 5.04. The highest BCUT2D eigenvalue weighted by atomic mass is 16.4. The molecule has 0 amide bonds. The first-order valence-corrected chi connectivity index (χ1v) is 7.47. The Labute approximate surface area is 128 Å². The summed E-state index contributed by atoms with van der Waals surface area (Å²) in [5, 5.41) is 9.53. The summed E-state index contributed by atoms with van der Waals surface area (Å²) in [6, 6.07) is 10.1. The summed E-state index contributed by atoms with van der Waals surface area (Å²) < 4.78 is 0. The fraction of sp³-hybridized carbons (Fsp3) is 0.611. The van der Waals surface area contributed by atoms with E-state index in [-0.39, 0.29) is 11.3 Å². The minimum Gasteiger partial charge on any atom is -0.481 e. The third-order valence-corrected chi connectivity index (χ3v) is 5.04. The summed E-state index contributed by atoms with van der Waals surface area (Å²) in [4.78, 5) is 11.6. The molecule has 0 aromatic heterocycles. The standard InChI is InChI=1S/C18H29NO2/c1-16(2,17(3,4)15(20)21)12-14(18(5,6)19)13-10-8-7-9-11-13/h7-11,14H,12,19H2,1-6H3,(H,20,21). The van der Waals surface area contributed by atoms with Crippen molar-refractivity contribution in [3.8, 4) is 0 Å². The van der Waals surface area contributed by atoms with Crippen molar-refractivity contribution in [2.45, 2.75) is 59.4 Å². The van der Waals surface area contributed by atoms with Crippen molar-refractivity contribution >= 4 is 5.97 Å². The Bertz CT molecular complexity index is 484. The molecule has 1 unspecified atom stereocenters. The number of hydrogen-bond donors (Lipinski definition) is 2. The molecule has 0 heterocycles. The lowest BCUT2D eigenvalue weighted by molar-refractivity contribution is -0.154. The fourth-order valence-corrected chi connectivity index (χ4v) is 2.55. The summed E-state index contributed by atoms with van der Waals surface area (Å²) in [7, 11) is 0. The van der Waals surface area contributed by atoms with Crippen LogP contribution in [-0.2, 0) is 4.79 Å². The van der Waals surface area contributed by atoms with E-state index in [1.807, 2.05) is 45.9 Å². The van der Waals surface area contributed by atoms with E-state index in [0.29, 0.717) is 0 Å². The summed E-state index contributed by atoms with van der Waals surface area (Å²) in [6.07, 6.45) is 0.722. The van der Waals surface area contributed by atoms with Crippen molar-refractivity contribution in [1.29, 1.82) is 0 Å². The number of carboxylic acids is 1. The predicted molar refractivity (Wildman–Crippen MR) is 87.3 cm³/mol. The minimum absolute atomic E-state index is 0.104. The molecule has 0 bridgehead atoms. The predicted octanol–water partition coefficient (Wildman–Crippen LogP) is 4.03. The van der Waals surface area contributed by atoms with Gasteiger partial charge in [0.2, 0.25) is 0 Å². The van der Waals surface area contributed by atoms with Gasteiger partial charge in [-0.1, -0.05) is 44.2 Å². The maximum atomic E-state index is 11.6. The number of carboxylic acid groups (broad SMARTS) is 1. The molecular weight excluding hydrogens is 262 g/mol. The number of rotatable bonds is 6. The molecule has 1 atom stereocenters. The van der Waals surface area contributed by atoms with Gasteiger partial charge in [0.1, 0.15) is 0 Å². The van der Waals surface area contributed by atoms with E-state index in [1.165, 1.54) is 5.56 Å². The summed E-state index contributed by atoms with van der Waals surface area (Å²) >= 11 is 0. The van der Waals surface area contributed by atoms with Gasteiger partial charge >= 0.3 is 5.97 Å². The average Bonchev–Trinajstić information content (AvgIpc) is 2.35. The van der Waals surface area contributed by atoms with Gasteiger partial charge in [-0.05, 0) is 45.1 Å². The highest BCUT2D eigenvalue weighted by Gasteiger charge is 2.46. The Morgan fingerprint density at radius 2 is 1.57 bits per heavy atom. The van der Waals surface area contributed by atoms with Gasteiger partial charge < -0.3 is 10.8 Å². The Balaban J connectivity index is 3.17. The van der Waals surface area contributed by atoms with Crippen LogP contribution in [0.3, 0.4) is 0 Å². The Morgan fingerprint density at radius 1 is 1.10 bits per heavy atom. The molecule has 3 nitrogen and oxygen atoms in total. The molecule has 1 rings (SSSR count). The van der Waals surface area contributed by atoms with E-state index in [1.54, 1.807) is 13.8 Å². The molecule has 0 aliphatic rings. The summed E-state index contributed by atoms with van der Waals surface area (Å²) in [6.45, 7) is 11.6. The molecule has 1 aromatic rings. The zero-order valence-corrected chi connectivity index (χ0v) is 14.1. The molecule has 0 saturated carbocycles. The average molecular weight is 291 g/mol. The first-order chi connectivity index (χ1) is 9.39. The Kier molecular flexibility index (Phi) is 4.89. The van der Waals surface area contributed by atoms with Gasteiger partial charge in [0.15, 0.2) is 0 Å². The van der Waals surface area contributed by atoms with Gasteiger partial charge in [-0.3, -0.25) is 4.79 Å². The zero-order chi connectivity index (χ0) is 16.5. The Morgan fingerprint density at radius 3 is 1.95 bits per heavy atom. The van der Waals surface area contributed by atoms with Crippen LogP contribution in [0.5, 0.6) is 0 Å². The number of aliphatic carboxylic acids is 1. The molecule has 0 fully saturated rings. The molecule has 118 valence electrons. The maximum Gasteiger partial charge on any atom is 0.309 e. The van der Waals surface area contributed by atoms with E-state index in [4.69, 9.17) is 5.73 Å². The number of nitrogens with two attached hydrogens (primary N) is 1. The summed E-state index contributed by atoms with van der Waals surface area (Å²) in [5.41, 5.74) is 5.95. The molecule has 0 aliphatic heterocycles. The number of benzene rings is 1. The van der Waals surface area contributed by atoms with Crippen LogP contribution < -0.4 is 5.73 Å². The molecule has 1 aromatic carbocycles. The Hall–Kier alpha value is -1.35. The lowest BCUT2D eigenvalue weighted by Gasteiger charge is -2.44. The van der Waals surface area contributed by atoms with Gasteiger partial charge in [0, 0.05) is 11.5 Å². The van der Waals surface area contributed by atoms with Crippen LogP contribution >= 0.6 is 0 Å². The smallest absolute Gasteiger partial charge is 0.309 e. The van der Waals surface area contributed by atoms with Crippen LogP contribution in [-0.4, -0.2) is 16.6 Å². The molecule has 3 heteroatoms. The molecular formula is C18H29NO2. The highest BCUT2D eigenvalue weighted by molar-refractivity contribution is 5.74. The number of hydrogen-bond acceptors (Lipinski definition) is 2. The normalized spacial score (nSPS) is 14.8. The monoisotopic (exact) mass is 291 g/mol. The van der Waals surface area contributed by atoms with Crippen molar-refractivity contribution in [2.24, 2.45) is 16.6 Å². The molecule has 0 radical (unpaired) electrons. The topological polar surface area (TPSA) is 63.3 Å². The van der Waals surface area contributed by atoms with Gasteiger partial charge in [-0.25, -0.2) is 0 Å². The fourth-order valence-electron chi connectivity index (χ4n) is 2.55. The van der Waals surface area contributed by atoms with Gasteiger partial charge in [-0.2, -0.15) is 0 Å². The van der Waals surface area contributed by atoms with Gasteiger partial charge in [0.25, 0.3) is 0 Å². The number of carbonyl (C=O) groups is 1. The molecule has 0 spiro atoms. The van der Waals surface area contributed by atoms with E-state index in [9.17, 15) is 9.90 Å². The largest absolute Gasteiger partial charge is 0.481 e. The second-order valence-electron chi connectivity index (χ2n) is 7.80. The minimum atomic E-state index is -0.814. The van der Waals surface area contributed by atoms with Crippen molar-refractivity contribution in [2.75, 3.05) is 0 Å². The molecule has 0 saturated heterocycles. The lowest BCUT2D eigenvalue weighted by Crippen LogP contribution is -2.46. The van der Waals surface area contributed by atoms with Crippen LogP contribution in [0.15, 0.2) is 30.3 Å². The van der Waals surface area contributed by atoms with Crippen LogP contribution in [0, 0.1) is 10.8 Å². The van der Waals surface area contributed by atoms with Crippen LogP contribution in [0.2, 0.25) is 0 Å². The quantitative estimate of drug-likeness (QED) is 0.831.